The van der Waals surface area contributed by atoms with Gasteiger partial charge >= 0.3 is 5.97 Å². The summed E-state index contributed by atoms with van der Waals surface area (Å²) in [6, 6.07) is 16.6. The minimum atomic E-state index is -0.366. The number of anilines is 3. The number of carbonyl (C=O) groups is 1. The van der Waals surface area contributed by atoms with Gasteiger partial charge in [-0.05, 0) is 73.2 Å². The lowest BCUT2D eigenvalue weighted by Gasteiger charge is -2.38. The van der Waals surface area contributed by atoms with Crippen LogP contribution in [0.15, 0.2) is 54.6 Å². The van der Waals surface area contributed by atoms with Crippen molar-refractivity contribution in [3.8, 4) is 5.75 Å². The number of hydrogen-bond donors (Lipinski definition) is 0. The first-order chi connectivity index (χ1) is 19.9. The Labute approximate surface area is 237 Å². The highest BCUT2D eigenvalue weighted by Gasteiger charge is 2.34. The highest BCUT2D eigenvalue weighted by Crippen LogP contribution is 2.42. The third-order valence-electron chi connectivity index (χ3n) is 7.93. The van der Waals surface area contributed by atoms with E-state index in [0.717, 1.165) is 51.3 Å². The summed E-state index contributed by atoms with van der Waals surface area (Å²) in [6.45, 7) is 5.40. The van der Waals surface area contributed by atoms with Crippen molar-refractivity contribution in [2.24, 2.45) is 0 Å². The number of methoxy groups -OCH3 is 1. The number of benzene rings is 3. The Hall–Kier alpha value is -4.73. The van der Waals surface area contributed by atoms with Gasteiger partial charge in [0.2, 0.25) is 5.95 Å². The molecule has 41 heavy (non-hydrogen) atoms. The van der Waals surface area contributed by atoms with Crippen molar-refractivity contribution in [2.75, 3.05) is 36.6 Å². The van der Waals surface area contributed by atoms with Gasteiger partial charge in [-0.3, -0.25) is 14.9 Å². The van der Waals surface area contributed by atoms with Crippen molar-refractivity contribution in [1.29, 1.82) is 0 Å². The zero-order valence-corrected chi connectivity index (χ0v) is 23.3. The summed E-state index contributed by atoms with van der Waals surface area (Å²) >= 11 is 0. The number of rotatable bonds is 7. The van der Waals surface area contributed by atoms with Crippen LogP contribution in [0, 0.1) is 17.0 Å². The van der Waals surface area contributed by atoms with E-state index in [1.807, 2.05) is 37.3 Å². The quantitative estimate of drug-likeness (QED) is 0.164. The summed E-state index contributed by atoms with van der Waals surface area (Å²) in [6.07, 6.45) is 1.59. The van der Waals surface area contributed by atoms with Crippen LogP contribution in [-0.2, 0) is 22.4 Å². The molecule has 10 heteroatoms. The minimum Gasteiger partial charge on any atom is -0.496 e. The molecule has 4 aromatic rings. The third-order valence-corrected chi connectivity index (χ3v) is 7.93. The van der Waals surface area contributed by atoms with E-state index >= 15 is 0 Å². The summed E-state index contributed by atoms with van der Waals surface area (Å²) in [4.78, 5) is 38.1. The van der Waals surface area contributed by atoms with E-state index in [-0.39, 0.29) is 29.0 Å². The lowest BCUT2D eigenvalue weighted by Crippen LogP contribution is -2.38. The summed E-state index contributed by atoms with van der Waals surface area (Å²) in [5.74, 6) is 1.74. The van der Waals surface area contributed by atoms with E-state index < -0.39 is 0 Å². The smallest absolute Gasteiger partial charge is 0.308 e. The SMILES string of the molecule is CCOC(=O)CC1c2cc(OC)c(C)cc2CCN1c1nc(N2CCc3cc([N+](=O)[O-])ccc32)c2ccccc2n1. The second-order valence-corrected chi connectivity index (χ2v) is 10.3. The number of nitro groups is 1. The van der Waals surface area contributed by atoms with Gasteiger partial charge in [-0.25, -0.2) is 4.98 Å². The average molecular weight is 554 g/mol. The molecule has 0 spiro atoms. The Bertz CT molecular complexity index is 1670. The van der Waals surface area contributed by atoms with E-state index in [1.165, 1.54) is 11.6 Å². The van der Waals surface area contributed by atoms with Gasteiger partial charge < -0.3 is 19.3 Å². The van der Waals surface area contributed by atoms with Crippen LogP contribution >= 0.6 is 0 Å². The van der Waals surface area contributed by atoms with Crippen LogP contribution in [0.2, 0.25) is 0 Å². The highest BCUT2D eigenvalue weighted by molar-refractivity contribution is 5.93. The maximum atomic E-state index is 12.8. The number of ether oxygens (including phenoxy) is 2. The van der Waals surface area contributed by atoms with Crippen molar-refractivity contribution < 1.29 is 19.2 Å². The topological polar surface area (TPSA) is 111 Å². The zero-order valence-electron chi connectivity index (χ0n) is 23.3. The van der Waals surface area contributed by atoms with Crippen LogP contribution in [0.3, 0.4) is 0 Å². The Morgan fingerprint density at radius 1 is 1.07 bits per heavy atom. The molecule has 2 aliphatic heterocycles. The number of nitrogens with zero attached hydrogens (tertiary/aromatic N) is 5. The van der Waals surface area contributed by atoms with Gasteiger partial charge in [-0.2, -0.15) is 4.98 Å². The van der Waals surface area contributed by atoms with Gasteiger partial charge in [-0.1, -0.05) is 18.2 Å². The standard InChI is InChI=1S/C31H31N5O5/c1-4-41-29(37)18-27-24-17-28(40-3)19(2)15-20(24)11-14-35(27)31-32-25-8-6-5-7-23(25)30(33-31)34-13-12-21-16-22(36(38)39)9-10-26(21)34/h5-10,15-17,27H,4,11-14,18H2,1-3H3. The van der Waals surface area contributed by atoms with Crippen molar-refractivity contribution in [2.45, 2.75) is 39.2 Å². The summed E-state index contributed by atoms with van der Waals surface area (Å²) < 4.78 is 11.0. The molecule has 0 aliphatic carbocycles. The first-order valence-electron chi connectivity index (χ1n) is 13.8. The highest BCUT2D eigenvalue weighted by atomic mass is 16.6. The molecule has 0 amide bonds. The van der Waals surface area contributed by atoms with Gasteiger partial charge in [0.05, 0.1) is 36.6 Å². The fraction of sp³-hybridized carbons (Fsp3) is 0.323. The van der Waals surface area contributed by atoms with Crippen molar-refractivity contribution in [1.82, 2.24) is 9.97 Å². The molecule has 1 atom stereocenters. The molecular weight excluding hydrogens is 522 g/mol. The number of fused-ring (bicyclic) bond motifs is 3. The van der Waals surface area contributed by atoms with E-state index in [2.05, 4.69) is 15.9 Å². The van der Waals surface area contributed by atoms with E-state index in [0.29, 0.717) is 32.1 Å². The normalized spacial score (nSPS) is 15.9. The van der Waals surface area contributed by atoms with E-state index in [1.54, 1.807) is 26.2 Å². The number of hydrogen-bond acceptors (Lipinski definition) is 9. The number of para-hydroxylation sites is 1. The molecule has 6 rings (SSSR count). The molecule has 0 radical (unpaired) electrons. The number of aryl methyl sites for hydroxylation is 1. The van der Waals surface area contributed by atoms with Crippen LogP contribution < -0.4 is 14.5 Å². The van der Waals surface area contributed by atoms with E-state index in [9.17, 15) is 14.9 Å². The molecule has 1 aromatic heterocycles. The maximum Gasteiger partial charge on any atom is 0.308 e. The molecule has 0 N–H and O–H groups in total. The van der Waals surface area contributed by atoms with Crippen LogP contribution in [0.25, 0.3) is 10.9 Å². The van der Waals surface area contributed by atoms with Gasteiger partial charge in [0.15, 0.2) is 0 Å². The first-order valence-corrected chi connectivity index (χ1v) is 13.8. The molecule has 0 saturated carbocycles. The summed E-state index contributed by atoms with van der Waals surface area (Å²) in [5.41, 5.74) is 5.90. The largest absolute Gasteiger partial charge is 0.496 e. The van der Waals surface area contributed by atoms with Crippen LogP contribution in [0.5, 0.6) is 5.75 Å². The lowest BCUT2D eigenvalue weighted by molar-refractivity contribution is -0.384. The molecule has 1 unspecified atom stereocenters. The molecule has 3 heterocycles. The maximum absolute atomic E-state index is 12.8. The van der Waals surface area contributed by atoms with Crippen LogP contribution in [0.1, 0.15) is 41.6 Å². The number of non-ortho nitro benzene ring substituents is 1. The third kappa shape index (κ3) is 4.79. The second-order valence-electron chi connectivity index (χ2n) is 10.3. The summed E-state index contributed by atoms with van der Waals surface area (Å²) in [5, 5.41) is 12.3. The molecule has 210 valence electrons. The Kier molecular flexibility index (Phi) is 6.90. The van der Waals surface area contributed by atoms with Crippen molar-refractivity contribution in [3.63, 3.8) is 0 Å². The number of carbonyl (C=O) groups excluding carboxylic acids is 1. The molecule has 0 saturated heterocycles. The predicted molar refractivity (Wildman–Crippen MR) is 156 cm³/mol. The fourth-order valence-corrected chi connectivity index (χ4v) is 6.02. The van der Waals surface area contributed by atoms with Crippen LogP contribution in [-0.4, -0.2) is 47.7 Å². The number of nitro benzene ring substituents is 1. The Morgan fingerprint density at radius 3 is 2.66 bits per heavy atom. The van der Waals surface area contributed by atoms with Gasteiger partial charge in [0.25, 0.3) is 5.69 Å². The predicted octanol–water partition coefficient (Wildman–Crippen LogP) is 5.61. The van der Waals surface area contributed by atoms with Gasteiger partial charge in [-0.15, -0.1) is 0 Å². The van der Waals surface area contributed by atoms with Crippen molar-refractivity contribution >= 4 is 40.0 Å². The molecule has 10 nitrogen and oxygen atoms in total. The molecular formula is C31H31N5O5. The lowest BCUT2D eigenvalue weighted by atomic mass is 9.89. The molecule has 0 bridgehead atoms. The molecule has 2 aliphatic rings. The number of aromatic nitrogens is 2. The number of esters is 1. The molecule has 0 fully saturated rings. The first kappa shape index (κ1) is 26.5. The van der Waals surface area contributed by atoms with Gasteiger partial charge in [0.1, 0.15) is 11.6 Å². The van der Waals surface area contributed by atoms with E-state index in [4.69, 9.17) is 19.4 Å². The van der Waals surface area contributed by atoms with Gasteiger partial charge in [0, 0.05) is 36.3 Å². The fourth-order valence-electron chi connectivity index (χ4n) is 6.02. The molecule has 3 aromatic carbocycles. The monoisotopic (exact) mass is 553 g/mol. The second kappa shape index (κ2) is 10.7. The Morgan fingerprint density at radius 2 is 1.88 bits per heavy atom. The van der Waals surface area contributed by atoms with Crippen LogP contribution in [0.4, 0.5) is 23.1 Å². The average Bonchev–Trinajstić information content (AvgIpc) is 3.39. The minimum absolute atomic E-state index is 0.0817. The van der Waals surface area contributed by atoms with Crippen molar-refractivity contribution in [3.05, 3.63) is 87.0 Å². The zero-order chi connectivity index (χ0) is 28.7. The Balaban J connectivity index is 1.47. The summed E-state index contributed by atoms with van der Waals surface area (Å²) in [7, 11) is 1.65.